The topological polar surface area (TPSA) is 0 Å². The summed E-state index contributed by atoms with van der Waals surface area (Å²) in [4.78, 5) is 0. The average Bonchev–Trinajstić information content (AvgIpc) is 2.56. The molecule has 0 N–H and O–H groups in total. The molecule has 0 saturated carbocycles. The SMILES string of the molecule is CC#CCCC(C)=C1C=CC=C1. The summed E-state index contributed by atoms with van der Waals surface area (Å²) in [6.45, 7) is 4.06. The molecule has 1 aliphatic rings. The van der Waals surface area contributed by atoms with Crippen molar-refractivity contribution in [1.82, 2.24) is 0 Å². The molecule has 0 spiro atoms. The maximum atomic E-state index is 3.07. The molecule has 0 saturated heterocycles. The van der Waals surface area contributed by atoms with Gasteiger partial charge in [0.15, 0.2) is 0 Å². The van der Waals surface area contributed by atoms with Crippen LogP contribution in [-0.2, 0) is 0 Å². The van der Waals surface area contributed by atoms with Crippen LogP contribution < -0.4 is 0 Å². The molecule has 0 fully saturated rings. The van der Waals surface area contributed by atoms with Gasteiger partial charge < -0.3 is 0 Å². The number of hydrogen-bond acceptors (Lipinski definition) is 0. The van der Waals surface area contributed by atoms with E-state index in [0.717, 1.165) is 12.8 Å². The summed E-state index contributed by atoms with van der Waals surface area (Å²) in [6.07, 6.45) is 10.5. The molecule has 0 bridgehead atoms. The molecule has 0 amide bonds. The smallest absolute Gasteiger partial charge is 0.0126 e. The molecule has 0 aromatic rings. The van der Waals surface area contributed by atoms with Gasteiger partial charge in [-0.15, -0.1) is 11.8 Å². The first-order chi connectivity index (χ1) is 5.84. The third-order valence-corrected chi connectivity index (χ3v) is 1.96. The molecule has 0 aromatic carbocycles. The zero-order valence-electron chi connectivity index (χ0n) is 7.72. The second-order valence-electron chi connectivity index (χ2n) is 2.88. The van der Waals surface area contributed by atoms with Crippen molar-refractivity contribution in [3.63, 3.8) is 0 Å². The van der Waals surface area contributed by atoms with Gasteiger partial charge in [0.25, 0.3) is 0 Å². The van der Waals surface area contributed by atoms with Crippen LogP contribution in [-0.4, -0.2) is 0 Å². The molecule has 1 aliphatic carbocycles. The van der Waals surface area contributed by atoms with Crippen LogP contribution in [0.5, 0.6) is 0 Å². The third-order valence-electron chi connectivity index (χ3n) is 1.96. The van der Waals surface area contributed by atoms with E-state index in [2.05, 4.69) is 43.1 Å². The predicted octanol–water partition coefficient (Wildman–Crippen LogP) is 3.23. The summed E-state index contributed by atoms with van der Waals surface area (Å²) >= 11 is 0. The minimum atomic E-state index is 0.980. The van der Waals surface area contributed by atoms with Crippen LogP contribution in [0.4, 0.5) is 0 Å². The van der Waals surface area contributed by atoms with Gasteiger partial charge in [-0.2, -0.15) is 0 Å². The van der Waals surface area contributed by atoms with Crippen LogP contribution >= 0.6 is 0 Å². The van der Waals surface area contributed by atoms with Gasteiger partial charge in [0.1, 0.15) is 0 Å². The Balaban J connectivity index is 2.50. The van der Waals surface area contributed by atoms with Crippen molar-refractivity contribution in [2.45, 2.75) is 26.7 Å². The molecule has 0 aliphatic heterocycles. The molecule has 0 nitrogen and oxygen atoms in total. The van der Waals surface area contributed by atoms with Crippen LogP contribution in [0.1, 0.15) is 26.7 Å². The van der Waals surface area contributed by atoms with Crippen LogP contribution in [0.3, 0.4) is 0 Å². The molecule has 0 heterocycles. The Bertz CT molecular complexity index is 276. The molecule has 1 rings (SSSR count). The highest BCUT2D eigenvalue weighted by atomic mass is 14.0. The summed E-state index contributed by atoms with van der Waals surface area (Å²) < 4.78 is 0. The average molecular weight is 158 g/mol. The van der Waals surface area contributed by atoms with E-state index in [1.54, 1.807) is 0 Å². The third kappa shape index (κ3) is 2.43. The van der Waals surface area contributed by atoms with E-state index >= 15 is 0 Å². The van der Waals surface area contributed by atoms with Crippen molar-refractivity contribution in [1.29, 1.82) is 0 Å². The van der Waals surface area contributed by atoms with Crippen LogP contribution in [0, 0.1) is 11.8 Å². The zero-order valence-corrected chi connectivity index (χ0v) is 7.72. The molecule has 62 valence electrons. The molecule has 0 radical (unpaired) electrons. The Morgan fingerprint density at radius 3 is 2.58 bits per heavy atom. The molecule has 0 atom stereocenters. The van der Waals surface area contributed by atoms with E-state index < -0.39 is 0 Å². The van der Waals surface area contributed by atoms with Gasteiger partial charge in [0, 0.05) is 6.42 Å². The Morgan fingerprint density at radius 2 is 2.00 bits per heavy atom. The van der Waals surface area contributed by atoms with Gasteiger partial charge >= 0.3 is 0 Å². The molecule has 12 heavy (non-hydrogen) atoms. The predicted molar refractivity (Wildman–Crippen MR) is 53.7 cm³/mol. The maximum absolute atomic E-state index is 3.07. The minimum Gasteiger partial charge on any atom is -0.107 e. The lowest BCUT2D eigenvalue weighted by Crippen LogP contribution is -1.80. The standard InChI is InChI=1S/C12H14/c1-3-4-5-8-11(2)12-9-6-7-10-12/h6-7,9-10H,5,8H2,1-2H3. The minimum absolute atomic E-state index is 0.980. The highest BCUT2D eigenvalue weighted by Crippen LogP contribution is 2.16. The van der Waals surface area contributed by atoms with Gasteiger partial charge in [-0.25, -0.2) is 0 Å². The summed E-state index contributed by atoms with van der Waals surface area (Å²) in [7, 11) is 0. The lowest BCUT2D eigenvalue weighted by atomic mass is 10.1. The quantitative estimate of drug-likeness (QED) is 0.541. The molecular weight excluding hydrogens is 144 g/mol. The van der Waals surface area contributed by atoms with Gasteiger partial charge in [-0.05, 0) is 25.8 Å². The van der Waals surface area contributed by atoms with Crippen LogP contribution in [0.15, 0.2) is 35.5 Å². The fourth-order valence-corrected chi connectivity index (χ4v) is 1.18. The van der Waals surface area contributed by atoms with E-state index in [0.29, 0.717) is 0 Å². The Hall–Kier alpha value is -1.22. The lowest BCUT2D eigenvalue weighted by Gasteiger charge is -1.99. The van der Waals surface area contributed by atoms with Gasteiger partial charge in [-0.1, -0.05) is 29.9 Å². The first-order valence-corrected chi connectivity index (χ1v) is 4.28. The highest BCUT2D eigenvalue weighted by molar-refractivity contribution is 5.42. The number of rotatable bonds is 2. The van der Waals surface area contributed by atoms with Gasteiger partial charge in [0.05, 0.1) is 0 Å². The van der Waals surface area contributed by atoms with Gasteiger partial charge in [0.2, 0.25) is 0 Å². The molecule has 0 heteroatoms. The van der Waals surface area contributed by atoms with Crippen molar-refractivity contribution < 1.29 is 0 Å². The first kappa shape index (κ1) is 8.87. The van der Waals surface area contributed by atoms with Crippen molar-refractivity contribution in [2.75, 3.05) is 0 Å². The number of allylic oxidation sites excluding steroid dienone is 6. The summed E-state index contributed by atoms with van der Waals surface area (Å²) in [5.74, 6) is 5.98. The van der Waals surface area contributed by atoms with E-state index in [1.807, 2.05) is 6.92 Å². The lowest BCUT2D eigenvalue weighted by molar-refractivity contribution is 0.992. The van der Waals surface area contributed by atoms with Crippen molar-refractivity contribution >= 4 is 0 Å². The van der Waals surface area contributed by atoms with E-state index in [9.17, 15) is 0 Å². The van der Waals surface area contributed by atoms with Crippen LogP contribution in [0.2, 0.25) is 0 Å². The van der Waals surface area contributed by atoms with Gasteiger partial charge in [-0.3, -0.25) is 0 Å². The van der Waals surface area contributed by atoms with Crippen LogP contribution in [0.25, 0.3) is 0 Å². The van der Waals surface area contributed by atoms with Crippen molar-refractivity contribution in [3.8, 4) is 11.8 Å². The zero-order chi connectivity index (χ0) is 8.81. The monoisotopic (exact) mass is 158 g/mol. The van der Waals surface area contributed by atoms with Crippen molar-refractivity contribution in [3.05, 3.63) is 35.5 Å². The fourth-order valence-electron chi connectivity index (χ4n) is 1.18. The van der Waals surface area contributed by atoms with E-state index in [-0.39, 0.29) is 0 Å². The second kappa shape index (κ2) is 4.62. The molecule has 0 aromatic heterocycles. The largest absolute Gasteiger partial charge is 0.107 e. The summed E-state index contributed by atoms with van der Waals surface area (Å²) in [5.41, 5.74) is 2.79. The van der Waals surface area contributed by atoms with E-state index in [4.69, 9.17) is 0 Å². The molecule has 0 unspecified atom stereocenters. The van der Waals surface area contributed by atoms with E-state index in [1.165, 1.54) is 11.1 Å². The Labute approximate surface area is 74.7 Å². The summed E-state index contributed by atoms with van der Waals surface area (Å²) in [6, 6.07) is 0. The second-order valence-corrected chi connectivity index (χ2v) is 2.88. The normalized spacial score (nSPS) is 13.0. The van der Waals surface area contributed by atoms with Crippen molar-refractivity contribution in [2.24, 2.45) is 0 Å². The highest BCUT2D eigenvalue weighted by Gasteiger charge is 1.97. The Morgan fingerprint density at radius 1 is 1.33 bits per heavy atom. The summed E-state index contributed by atoms with van der Waals surface area (Å²) in [5, 5.41) is 0. The fraction of sp³-hybridized carbons (Fsp3) is 0.333. The first-order valence-electron chi connectivity index (χ1n) is 4.28. The Kier molecular flexibility index (Phi) is 3.41. The number of hydrogen-bond donors (Lipinski definition) is 0. The maximum Gasteiger partial charge on any atom is 0.0126 e. The molecular formula is C12H14.